The quantitative estimate of drug-likeness (QED) is 0.467. The second-order valence-electron chi connectivity index (χ2n) is 7.28. The Kier molecular flexibility index (Phi) is 4.20. The Labute approximate surface area is 172 Å². The van der Waals surface area contributed by atoms with Crippen LogP contribution in [-0.2, 0) is 20.0 Å². The zero-order chi connectivity index (χ0) is 20.1. The number of aromatic nitrogens is 5. The van der Waals surface area contributed by atoms with Crippen molar-refractivity contribution in [3.8, 4) is 11.1 Å². The van der Waals surface area contributed by atoms with E-state index in [0.717, 1.165) is 41.0 Å². The van der Waals surface area contributed by atoms with Crippen LogP contribution in [0.2, 0.25) is 5.28 Å². The summed E-state index contributed by atoms with van der Waals surface area (Å²) in [6.07, 6.45) is 4.69. The summed E-state index contributed by atoms with van der Waals surface area (Å²) in [6.45, 7) is 3.34. The van der Waals surface area contributed by atoms with E-state index in [4.69, 9.17) is 11.6 Å². The van der Waals surface area contributed by atoms with Crippen LogP contribution in [0.5, 0.6) is 0 Å². The number of pyridine rings is 1. The number of benzene rings is 1. The van der Waals surface area contributed by atoms with Gasteiger partial charge < -0.3 is 4.90 Å². The van der Waals surface area contributed by atoms with E-state index in [9.17, 15) is 4.39 Å². The van der Waals surface area contributed by atoms with Gasteiger partial charge in [0.2, 0.25) is 5.28 Å². The lowest BCUT2D eigenvalue weighted by atomic mass is 10.0. The van der Waals surface area contributed by atoms with Gasteiger partial charge in [0, 0.05) is 61.2 Å². The van der Waals surface area contributed by atoms with Gasteiger partial charge in [0.15, 0.2) is 0 Å². The molecule has 0 fully saturated rings. The molecule has 0 bridgehead atoms. The molecule has 6 nitrogen and oxygen atoms in total. The molecule has 0 amide bonds. The zero-order valence-electron chi connectivity index (χ0n) is 16.0. The Morgan fingerprint density at radius 1 is 1.17 bits per heavy atom. The second-order valence-corrected chi connectivity index (χ2v) is 7.62. The summed E-state index contributed by atoms with van der Waals surface area (Å²) in [4.78, 5) is 15.4. The summed E-state index contributed by atoms with van der Waals surface area (Å²) in [5, 5.41) is 5.24. The minimum Gasteiger partial charge on any atom is -0.351 e. The standard InChI is InChI=1S/C21H18ClFN6/c1-12-17(11-28(2)27-12)13-7-14-10-29(6-5-18(14)24-9-13)20-16-8-15(23)3-4-19(16)25-21(22)26-20/h3-4,7-9,11H,5-6,10H2,1-2H3. The van der Waals surface area contributed by atoms with Gasteiger partial charge in [-0.3, -0.25) is 9.67 Å². The van der Waals surface area contributed by atoms with Gasteiger partial charge in [0.1, 0.15) is 11.6 Å². The van der Waals surface area contributed by atoms with Crippen molar-refractivity contribution in [3.63, 3.8) is 0 Å². The molecule has 3 aromatic heterocycles. The average molecular weight is 409 g/mol. The predicted octanol–water partition coefficient (Wildman–Crippen LogP) is 4.09. The van der Waals surface area contributed by atoms with E-state index in [-0.39, 0.29) is 11.1 Å². The fourth-order valence-corrected chi connectivity index (χ4v) is 4.11. The number of aryl methyl sites for hydroxylation is 2. The fourth-order valence-electron chi connectivity index (χ4n) is 3.94. The van der Waals surface area contributed by atoms with Gasteiger partial charge in [-0.2, -0.15) is 10.1 Å². The third-order valence-electron chi connectivity index (χ3n) is 5.27. The van der Waals surface area contributed by atoms with Crippen molar-refractivity contribution in [2.75, 3.05) is 11.4 Å². The molecule has 1 aromatic carbocycles. The summed E-state index contributed by atoms with van der Waals surface area (Å²) in [7, 11) is 1.91. The van der Waals surface area contributed by atoms with Crippen molar-refractivity contribution < 1.29 is 4.39 Å². The summed E-state index contributed by atoms with van der Waals surface area (Å²) < 4.78 is 15.7. The summed E-state index contributed by atoms with van der Waals surface area (Å²) in [6, 6.07) is 6.63. The Balaban J connectivity index is 1.56. The molecular weight excluding hydrogens is 391 g/mol. The molecule has 1 aliphatic heterocycles. The van der Waals surface area contributed by atoms with Crippen LogP contribution < -0.4 is 4.90 Å². The minimum absolute atomic E-state index is 0.155. The number of nitrogens with zero attached hydrogens (tertiary/aromatic N) is 6. The van der Waals surface area contributed by atoms with Crippen LogP contribution >= 0.6 is 11.6 Å². The Hall–Kier alpha value is -3.06. The number of fused-ring (bicyclic) bond motifs is 2. The van der Waals surface area contributed by atoms with Crippen molar-refractivity contribution in [3.05, 3.63) is 64.7 Å². The summed E-state index contributed by atoms with van der Waals surface area (Å²) in [5.74, 6) is 0.325. The molecule has 1 aliphatic rings. The molecule has 0 unspecified atom stereocenters. The van der Waals surface area contributed by atoms with Gasteiger partial charge in [-0.25, -0.2) is 9.37 Å². The number of halogens is 2. The van der Waals surface area contributed by atoms with E-state index < -0.39 is 0 Å². The molecule has 146 valence electrons. The Morgan fingerprint density at radius 2 is 2.03 bits per heavy atom. The first-order valence-corrected chi connectivity index (χ1v) is 9.72. The lowest BCUT2D eigenvalue weighted by Crippen LogP contribution is -2.32. The van der Waals surface area contributed by atoms with Gasteiger partial charge in [0.05, 0.1) is 11.2 Å². The van der Waals surface area contributed by atoms with Gasteiger partial charge >= 0.3 is 0 Å². The molecule has 4 aromatic rings. The van der Waals surface area contributed by atoms with Gasteiger partial charge in [0.25, 0.3) is 0 Å². The van der Waals surface area contributed by atoms with Gasteiger partial charge in [-0.1, -0.05) is 0 Å². The number of hydrogen-bond donors (Lipinski definition) is 0. The zero-order valence-corrected chi connectivity index (χ0v) is 16.8. The normalized spacial score (nSPS) is 13.7. The van der Waals surface area contributed by atoms with Crippen LogP contribution in [0.3, 0.4) is 0 Å². The number of hydrogen-bond acceptors (Lipinski definition) is 5. The Morgan fingerprint density at radius 3 is 2.83 bits per heavy atom. The maximum atomic E-state index is 13.9. The van der Waals surface area contributed by atoms with Crippen molar-refractivity contribution >= 4 is 28.3 Å². The highest BCUT2D eigenvalue weighted by Gasteiger charge is 2.22. The lowest BCUT2D eigenvalue weighted by Gasteiger charge is -2.30. The molecule has 4 heterocycles. The molecule has 0 N–H and O–H groups in total. The lowest BCUT2D eigenvalue weighted by molar-refractivity contribution is 0.629. The first-order valence-electron chi connectivity index (χ1n) is 9.34. The highest BCUT2D eigenvalue weighted by atomic mass is 35.5. The summed E-state index contributed by atoms with van der Waals surface area (Å²) >= 11 is 6.14. The highest BCUT2D eigenvalue weighted by Crippen LogP contribution is 2.31. The molecular formula is C21H18ClFN6. The molecule has 29 heavy (non-hydrogen) atoms. The SMILES string of the molecule is Cc1nn(C)cc1-c1cnc2c(c1)CN(c1nc(Cl)nc3ccc(F)cc13)CC2. The van der Waals surface area contributed by atoms with Crippen molar-refractivity contribution in [1.29, 1.82) is 0 Å². The van der Waals surface area contributed by atoms with Crippen molar-refractivity contribution in [1.82, 2.24) is 24.7 Å². The van der Waals surface area contributed by atoms with E-state index in [1.54, 1.807) is 10.7 Å². The molecule has 0 spiro atoms. The molecule has 0 atom stereocenters. The second kappa shape index (κ2) is 6.77. The van der Waals surface area contributed by atoms with Crippen LogP contribution in [-0.4, -0.2) is 31.3 Å². The van der Waals surface area contributed by atoms with E-state index in [2.05, 4.69) is 31.0 Å². The smallest absolute Gasteiger partial charge is 0.224 e. The average Bonchev–Trinajstić information content (AvgIpc) is 3.05. The number of rotatable bonds is 2. The molecule has 5 rings (SSSR count). The highest BCUT2D eigenvalue weighted by molar-refractivity contribution is 6.28. The van der Waals surface area contributed by atoms with Gasteiger partial charge in [-0.05, 0) is 48.4 Å². The van der Waals surface area contributed by atoms with Crippen molar-refractivity contribution in [2.45, 2.75) is 19.9 Å². The van der Waals surface area contributed by atoms with Crippen LogP contribution in [0.1, 0.15) is 17.0 Å². The van der Waals surface area contributed by atoms with Crippen LogP contribution in [0.25, 0.3) is 22.0 Å². The molecule has 0 aliphatic carbocycles. The van der Waals surface area contributed by atoms with Crippen LogP contribution in [0.15, 0.2) is 36.7 Å². The molecule has 0 saturated heterocycles. The van der Waals surface area contributed by atoms with E-state index in [1.165, 1.54) is 12.1 Å². The molecule has 0 saturated carbocycles. The summed E-state index contributed by atoms with van der Waals surface area (Å²) in [5.41, 5.74) is 5.89. The predicted molar refractivity (Wildman–Crippen MR) is 110 cm³/mol. The maximum Gasteiger partial charge on any atom is 0.224 e. The van der Waals surface area contributed by atoms with Crippen LogP contribution in [0, 0.1) is 12.7 Å². The van der Waals surface area contributed by atoms with E-state index in [0.29, 0.717) is 23.3 Å². The van der Waals surface area contributed by atoms with Crippen molar-refractivity contribution in [2.24, 2.45) is 7.05 Å². The molecule has 8 heteroatoms. The van der Waals surface area contributed by atoms with E-state index >= 15 is 0 Å². The first kappa shape index (κ1) is 18.0. The molecule has 0 radical (unpaired) electrons. The third-order valence-corrected chi connectivity index (χ3v) is 5.44. The fraction of sp³-hybridized carbons (Fsp3) is 0.238. The van der Waals surface area contributed by atoms with Gasteiger partial charge in [-0.15, -0.1) is 0 Å². The topological polar surface area (TPSA) is 59.7 Å². The van der Waals surface area contributed by atoms with Crippen LogP contribution in [0.4, 0.5) is 10.2 Å². The minimum atomic E-state index is -0.321. The largest absolute Gasteiger partial charge is 0.351 e. The number of anilines is 1. The maximum absolute atomic E-state index is 13.9. The first-order chi connectivity index (χ1) is 14.0. The van der Waals surface area contributed by atoms with E-state index in [1.807, 2.05) is 26.4 Å². The third kappa shape index (κ3) is 3.21. The Bertz CT molecular complexity index is 1250. The monoisotopic (exact) mass is 408 g/mol.